The van der Waals surface area contributed by atoms with Gasteiger partial charge in [0.2, 0.25) is 0 Å². The number of halogens is 3. The highest BCUT2D eigenvalue weighted by molar-refractivity contribution is 8.00. The fraction of sp³-hybridized carbons (Fsp3) is 0.467. The average Bonchev–Trinajstić information content (AvgIpc) is 2.35. The minimum atomic E-state index is -4.22. The summed E-state index contributed by atoms with van der Waals surface area (Å²) in [6.07, 6.45) is 3.99. The van der Waals surface area contributed by atoms with Crippen LogP contribution in [0, 0.1) is 5.92 Å². The minimum Gasteiger partial charge on any atom is -0.313 e. The minimum absolute atomic E-state index is 0.0826. The maximum absolute atomic E-state index is 12.2. The predicted octanol–water partition coefficient (Wildman–Crippen LogP) is 4.99. The SMILES string of the molecule is C=CCC(C)CCNCc1ccc(SC(F)(F)F)cc1. The second-order valence-corrected chi connectivity index (χ2v) is 5.93. The molecule has 0 heterocycles. The summed E-state index contributed by atoms with van der Waals surface area (Å²) in [5.74, 6) is 0.602. The molecule has 0 spiro atoms. The van der Waals surface area contributed by atoms with E-state index in [-0.39, 0.29) is 16.7 Å². The van der Waals surface area contributed by atoms with Crippen molar-refractivity contribution >= 4 is 11.8 Å². The van der Waals surface area contributed by atoms with E-state index in [1.807, 2.05) is 6.08 Å². The lowest BCUT2D eigenvalue weighted by Gasteiger charge is -2.10. The van der Waals surface area contributed by atoms with Crippen LogP contribution in [0.15, 0.2) is 41.8 Å². The van der Waals surface area contributed by atoms with E-state index in [4.69, 9.17) is 0 Å². The molecule has 0 bridgehead atoms. The molecule has 1 rings (SSSR count). The lowest BCUT2D eigenvalue weighted by molar-refractivity contribution is -0.0328. The zero-order chi connectivity index (χ0) is 15.0. The van der Waals surface area contributed by atoms with Crippen LogP contribution < -0.4 is 5.32 Å². The van der Waals surface area contributed by atoms with Crippen molar-refractivity contribution in [2.24, 2.45) is 5.92 Å². The summed E-state index contributed by atoms with van der Waals surface area (Å²) in [6.45, 7) is 7.46. The Kier molecular flexibility index (Phi) is 7.16. The topological polar surface area (TPSA) is 12.0 Å². The molecule has 0 aliphatic carbocycles. The fourth-order valence-electron chi connectivity index (χ4n) is 1.79. The number of alkyl halides is 3. The molecule has 0 saturated carbocycles. The molecule has 0 aromatic heterocycles. The average molecular weight is 303 g/mol. The van der Waals surface area contributed by atoms with Crippen molar-refractivity contribution in [3.8, 4) is 0 Å². The van der Waals surface area contributed by atoms with Crippen molar-refractivity contribution in [3.63, 3.8) is 0 Å². The Morgan fingerprint density at radius 2 is 1.95 bits per heavy atom. The number of rotatable bonds is 8. The van der Waals surface area contributed by atoms with Gasteiger partial charge in [-0.25, -0.2) is 0 Å². The Morgan fingerprint density at radius 3 is 2.50 bits per heavy atom. The normalized spacial score (nSPS) is 13.2. The van der Waals surface area contributed by atoms with Gasteiger partial charge in [-0.3, -0.25) is 0 Å². The van der Waals surface area contributed by atoms with E-state index in [1.54, 1.807) is 12.1 Å². The van der Waals surface area contributed by atoms with Gasteiger partial charge in [0.15, 0.2) is 0 Å². The number of benzene rings is 1. The number of thioether (sulfide) groups is 1. The highest BCUT2D eigenvalue weighted by Crippen LogP contribution is 2.36. The predicted molar refractivity (Wildman–Crippen MR) is 78.7 cm³/mol. The van der Waals surface area contributed by atoms with Crippen LogP contribution in [0.1, 0.15) is 25.3 Å². The maximum atomic E-state index is 12.2. The number of nitrogens with one attached hydrogen (secondary N) is 1. The Bertz CT molecular complexity index is 401. The van der Waals surface area contributed by atoms with Gasteiger partial charge >= 0.3 is 5.51 Å². The van der Waals surface area contributed by atoms with Crippen LogP contribution in [0.4, 0.5) is 13.2 Å². The van der Waals surface area contributed by atoms with Crippen LogP contribution >= 0.6 is 11.8 Å². The second-order valence-electron chi connectivity index (χ2n) is 4.79. The first-order valence-corrected chi connectivity index (χ1v) is 7.38. The zero-order valence-corrected chi connectivity index (χ0v) is 12.4. The Hall–Kier alpha value is -0.940. The first kappa shape index (κ1) is 17.1. The Balaban J connectivity index is 2.30. The van der Waals surface area contributed by atoms with Crippen molar-refractivity contribution in [1.29, 1.82) is 0 Å². The lowest BCUT2D eigenvalue weighted by Crippen LogP contribution is -2.16. The smallest absolute Gasteiger partial charge is 0.313 e. The highest BCUT2D eigenvalue weighted by atomic mass is 32.2. The van der Waals surface area contributed by atoms with Gasteiger partial charge in [-0.05, 0) is 54.8 Å². The van der Waals surface area contributed by atoms with E-state index in [9.17, 15) is 13.2 Å². The van der Waals surface area contributed by atoms with E-state index in [2.05, 4.69) is 18.8 Å². The van der Waals surface area contributed by atoms with Gasteiger partial charge in [-0.2, -0.15) is 13.2 Å². The standard InChI is InChI=1S/C15H20F3NS/c1-3-4-12(2)9-10-19-11-13-5-7-14(8-6-13)20-15(16,17)18/h3,5-8,12,19H,1,4,9-11H2,2H3. The largest absolute Gasteiger partial charge is 0.446 e. The van der Waals surface area contributed by atoms with Crippen molar-refractivity contribution in [1.82, 2.24) is 5.32 Å². The summed E-state index contributed by atoms with van der Waals surface area (Å²) < 4.78 is 36.5. The number of hydrogen-bond acceptors (Lipinski definition) is 2. The molecule has 0 aliphatic heterocycles. The second kappa shape index (κ2) is 8.37. The van der Waals surface area contributed by atoms with Crippen molar-refractivity contribution in [2.75, 3.05) is 6.54 Å². The van der Waals surface area contributed by atoms with E-state index in [1.165, 1.54) is 12.1 Å². The van der Waals surface area contributed by atoms with Gasteiger partial charge in [-0.15, -0.1) is 6.58 Å². The van der Waals surface area contributed by atoms with Gasteiger partial charge in [0.25, 0.3) is 0 Å². The third kappa shape index (κ3) is 7.60. The van der Waals surface area contributed by atoms with Gasteiger partial charge in [-0.1, -0.05) is 25.1 Å². The molecule has 0 amide bonds. The molecule has 5 heteroatoms. The molecular weight excluding hydrogens is 283 g/mol. The molecule has 0 radical (unpaired) electrons. The summed E-state index contributed by atoms with van der Waals surface area (Å²) in [7, 11) is 0. The molecule has 1 atom stereocenters. The monoisotopic (exact) mass is 303 g/mol. The summed E-state index contributed by atoms with van der Waals surface area (Å²) in [6, 6.07) is 6.48. The molecule has 112 valence electrons. The molecular formula is C15H20F3NS. The quantitative estimate of drug-likeness (QED) is 0.412. The molecule has 20 heavy (non-hydrogen) atoms. The number of allylic oxidation sites excluding steroid dienone is 1. The van der Waals surface area contributed by atoms with Crippen LogP contribution in [0.5, 0.6) is 0 Å². The van der Waals surface area contributed by atoms with E-state index in [0.29, 0.717) is 12.5 Å². The van der Waals surface area contributed by atoms with Gasteiger partial charge < -0.3 is 5.32 Å². The molecule has 0 aliphatic rings. The van der Waals surface area contributed by atoms with Crippen molar-refractivity contribution in [2.45, 2.75) is 36.7 Å². The zero-order valence-electron chi connectivity index (χ0n) is 11.5. The first-order valence-electron chi connectivity index (χ1n) is 6.57. The molecule has 1 aromatic carbocycles. The van der Waals surface area contributed by atoms with E-state index < -0.39 is 5.51 Å². The summed E-state index contributed by atoms with van der Waals surface area (Å²) in [5.41, 5.74) is -3.23. The highest BCUT2D eigenvalue weighted by Gasteiger charge is 2.28. The van der Waals surface area contributed by atoms with Crippen LogP contribution in [0.25, 0.3) is 0 Å². The Labute approximate surface area is 122 Å². The lowest BCUT2D eigenvalue weighted by atomic mass is 10.0. The van der Waals surface area contributed by atoms with Crippen LogP contribution in [0.3, 0.4) is 0 Å². The summed E-state index contributed by atoms with van der Waals surface area (Å²) in [5, 5.41) is 3.30. The molecule has 0 fully saturated rings. The van der Waals surface area contributed by atoms with Crippen molar-refractivity contribution in [3.05, 3.63) is 42.5 Å². The van der Waals surface area contributed by atoms with E-state index in [0.717, 1.165) is 24.9 Å². The van der Waals surface area contributed by atoms with Gasteiger partial charge in [0, 0.05) is 11.4 Å². The third-order valence-corrected chi connectivity index (χ3v) is 3.61. The molecule has 0 saturated heterocycles. The van der Waals surface area contributed by atoms with Crippen LogP contribution in [-0.4, -0.2) is 12.1 Å². The Morgan fingerprint density at radius 1 is 1.30 bits per heavy atom. The molecule has 1 unspecified atom stereocenters. The van der Waals surface area contributed by atoms with E-state index >= 15 is 0 Å². The maximum Gasteiger partial charge on any atom is 0.446 e. The van der Waals surface area contributed by atoms with Gasteiger partial charge in [0.05, 0.1) is 0 Å². The molecule has 1 N–H and O–H groups in total. The van der Waals surface area contributed by atoms with Crippen LogP contribution in [0.2, 0.25) is 0 Å². The molecule has 1 aromatic rings. The first-order chi connectivity index (χ1) is 9.40. The molecule has 1 nitrogen and oxygen atoms in total. The van der Waals surface area contributed by atoms with Crippen LogP contribution in [-0.2, 0) is 6.54 Å². The van der Waals surface area contributed by atoms with Crippen molar-refractivity contribution < 1.29 is 13.2 Å². The summed E-state index contributed by atoms with van der Waals surface area (Å²) in [4.78, 5) is 0.223. The fourth-order valence-corrected chi connectivity index (χ4v) is 2.33. The van der Waals surface area contributed by atoms with Gasteiger partial charge in [0.1, 0.15) is 0 Å². The number of hydrogen-bond donors (Lipinski definition) is 1. The third-order valence-electron chi connectivity index (χ3n) is 2.87. The summed E-state index contributed by atoms with van der Waals surface area (Å²) >= 11 is -0.0826.